The van der Waals surface area contributed by atoms with E-state index in [1.807, 2.05) is 0 Å². The summed E-state index contributed by atoms with van der Waals surface area (Å²) >= 11 is 0. The van der Waals surface area contributed by atoms with Crippen LogP contribution in [0.5, 0.6) is 0 Å². The van der Waals surface area contributed by atoms with Crippen LogP contribution in [0.15, 0.2) is 11.6 Å². The van der Waals surface area contributed by atoms with Crippen molar-refractivity contribution in [2.75, 3.05) is 13.1 Å². The molecular weight excluding hydrogens is 218 g/mol. The van der Waals surface area contributed by atoms with Crippen LogP contribution in [0, 0.1) is 23.7 Å². The van der Waals surface area contributed by atoms with Gasteiger partial charge in [-0.2, -0.15) is 0 Å². The molecular formula is C17H27N. The number of rotatable bonds is 1. The van der Waals surface area contributed by atoms with Crippen LogP contribution in [0.3, 0.4) is 0 Å². The Labute approximate surface area is 112 Å². The maximum Gasteiger partial charge on any atom is 0.0221 e. The van der Waals surface area contributed by atoms with Crippen molar-refractivity contribution in [1.82, 2.24) is 4.90 Å². The Kier molecular flexibility index (Phi) is 2.46. The maximum absolute atomic E-state index is 2.90. The van der Waals surface area contributed by atoms with Gasteiger partial charge < -0.3 is 0 Å². The van der Waals surface area contributed by atoms with Crippen molar-refractivity contribution in [3.8, 4) is 0 Å². The molecule has 1 atom stereocenters. The Hall–Kier alpha value is -0.300. The Morgan fingerprint density at radius 1 is 1.06 bits per heavy atom. The smallest absolute Gasteiger partial charge is 0.0221 e. The molecule has 0 aromatic heterocycles. The van der Waals surface area contributed by atoms with Gasteiger partial charge >= 0.3 is 0 Å². The van der Waals surface area contributed by atoms with E-state index in [-0.39, 0.29) is 0 Å². The van der Waals surface area contributed by atoms with E-state index in [2.05, 4.69) is 24.8 Å². The fraction of sp³-hybridized carbons (Fsp3) is 0.882. The summed E-state index contributed by atoms with van der Waals surface area (Å²) < 4.78 is 0. The highest BCUT2D eigenvalue weighted by Gasteiger charge is 2.53. The Balaban J connectivity index is 1.62. The third kappa shape index (κ3) is 1.70. The van der Waals surface area contributed by atoms with E-state index in [4.69, 9.17) is 0 Å². The molecule has 100 valence electrons. The molecule has 4 aliphatic carbocycles. The van der Waals surface area contributed by atoms with E-state index >= 15 is 0 Å². The highest BCUT2D eigenvalue weighted by molar-refractivity contribution is 5.14. The highest BCUT2D eigenvalue weighted by atomic mass is 15.2. The molecule has 0 unspecified atom stereocenters. The molecule has 1 heterocycles. The van der Waals surface area contributed by atoms with E-state index in [0.717, 1.165) is 23.7 Å². The SMILES string of the molecule is CC1=C[C@@H](C)CN(C23CC4CC(CC(C4)C2)C3)C1. The van der Waals surface area contributed by atoms with Gasteiger partial charge in [-0.25, -0.2) is 0 Å². The predicted octanol–water partition coefficient (Wildman–Crippen LogP) is 3.85. The maximum atomic E-state index is 2.90. The van der Waals surface area contributed by atoms with Crippen molar-refractivity contribution in [2.24, 2.45) is 23.7 Å². The van der Waals surface area contributed by atoms with Crippen LogP contribution < -0.4 is 0 Å². The van der Waals surface area contributed by atoms with E-state index in [1.54, 1.807) is 24.8 Å². The Morgan fingerprint density at radius 2 is 1.61 bits per heavy atom. The quantitative estimate of drug-likeness (QED) is 0.634. The van der Waals surface area contributed by atoms with E-state index in [0.29, 0.717) is 5.54 Å². The molecule has 0 aromatic rings. The molecule has 1 heteroatoms. The molecule has 0 saturated heterocycles. The topological polar surface area (TPSA) is 3.24 Å². The van der Waals surface area contributed by atoms with Crippen molar-refractivity contribution < 1.29 is 0 Å². The van der Waals surface area contributed by atoms with E-state index in [9.17, 15) is 0 Å². The van der Waals surface area contributed by atoms with Gasteiger partial charge in [0.2, 0.25) is 0 Å². The summed E-state index contributed by atoms with van der Waals surface area (Å²) in [5, 5.41) is 0. The first kappa shape index (κ1) is 11.5. The van der Waals surface area contributed by atoms with E-state index < -0.39 is 0 Å². The van der Waals surface area contributed by atoms with Crippen molar-refractivity contribution in [3.05, 3.63) is 11.6 Å². The average molecular weight is 245 g/mol. The van der Waals surface area contributed by atoms with Gasteiger partial charge in [0.25, 0.3) is 0 Å². The number of hydrogen-bond acceptors (Lipinski definition) is 1. The van der Waals surface area contributed by atoms with Crippen LogP contribution >= 0.6 is 0 Å². The molecule has 5 aliphatic rings. The molecule has 1 nitrogen and oxygen atoms in total. The first-order valence-corrected chi connectivity index (χ1v) is 8.05. The molecule has 4 fully saturated rings. The van der Waals surface area contributed by atoms with Gasteiger partial charge in [-0.15, -0.1) is 0 Å². The lowest BCUT2D eigenvalue weighted by molar-refractivity contribution is -0.0898. The fourth-order valence-corrected chi connectivity index (χ4v) is 6.12. The summed E-state index contributed by atoms with van der Waals surface area (Å²) in [5.74, 6) is 4.01. The normalized spacial score (nSPS) is 51.6. The second kappa shape index (κ2) is 3.85. The molecule has 0 radical (unpaired) electrons. The molecule has 1 aliphatic heterocycles. The number of hydrogen-bond donors (Lipinski definition) is 0. The van der Waals surface area contributed by atoms with Crippen LogP contribution in [-0.2, 0) is 0 Å². The molecule has 4 bridgehead atoms. The molecule has 0 amide bonds. The summed E-state index contributed by atoms with van der Waals surface area (Å²) in [7, 11) is 0. The molecule has 0 aromatic carbocycles. The minimum absolute atomic E-state index is 0.624. The number of nitrogens with zero attached hydrogens (tertiary/aromatic N) is 1. The third-order valence-electron chi connectivity index (χ3n) is 6.19. The van der Waals surface area contributed by atoms with Crippen LogP contribution in [0.1, 0.15) is 52.4 Å². The van der Waals surface area contributed by atoms with Crippen molar-refractivity contribution in [3.63, 3.8) is 0 Å². The lowest BCUT2D eigenvalue weighted by Crippen LogP contribution is -2.61. The molecule has 0 spiro atoms. The summed E-state index contributed by atoms with van der Waals surface area (Å²) in [4.78, 5) is 2.90. The third-order valence-corrected chi connectivity index (χ3v) is 6.19. The monoisotopic (exact) mass is 245 g/mol. The molecule has 4 saturated carbocycles. The first-order valence-electron chi connectivity index (χ1n) is 8.05. The highest BCUT2D eigenvalue weighted by Crippen LogP contribution is 2.58. The predicted molar refractivity (Wildman–Crippen MR) is 75.4 cm³/mol. The largest absolute Gasteiger partial charge is 0.293 e. The van der Waals surface area contributed by atoms with Crippen LogP contribution in [0.2, 0.25) is 0 Å². The fourth-order valence-electron chi connectivity index (χ4n) is 6.12. The van der Waals surface area contributed by atoms with Crippen LogP contribution in [0.25, 0.3) is 0 Å². The van der Waals surface area contributed by atoms with Gasteiger partial charge in [-0.05, 0) is 69.1 Å². The van der Waals surface area contributed by atoms with E-state index in [1.165, 1.54) is 32.4 Å². The Morgan fingerprint density at radius 3 is 2.11 bits per heavy atom. The van der Waals surface area contributed by atoms with Crippen molar-refractivity contribution in [1.29, 1.82) is 0 Å². The zero-order valence-electron chi connectivity index (χ0n) is 12.0. The summed E-state index contributed by atoms with van der Waals surface area (Å²) in [6, 6.07) is 0. The average Bonchev–Trinajstić information content (AvgIpc) is 2.25. The van der Waals surface area contributed by atoms with Gasteiger partial charge in [0.15, 0.2) is 0 Å². The first-order chi connectivity index (χ1) is 8.63. The van der Waals surface area contributed by atoms with Gasteiger partial charge in [-0.3, -0.25) is 4.90 Å². The molecule has 18 heavy (non-hydrogen) atoms. The van der Waals surface area contributed by atoms with Crippen molar-refractivity contribution >= 4 is 0 Å². The second-order valence-electron chi connectivity index (χ2n) is 8.01. The minimum Gasteiger partial charge on any atom is -0.293 e. The van der Waals surface area contributed by atoms with Crippen LogP contribution in [-0.4, -0.2) is 23.5 Å². The lowest BCUT2D eigenvalue weighted by atomic mass is 9.52. The summed E-state index contributed by atoms with van der Waals surface area (Å²) in [6.07, 6.45) is 11.8. The van der Waals surface area contributed by atoms with Gasteiger partial charge in [0, 0.05) is 18.6 Å². The zero-order valence-corrected chi connectivity index (χ0v) is 12.0. The standard InChI is InChI=1S/C17H27N/c1-12-3-13(2)11-18(10-12)17-7-14-4-15(8-17)6-16(5-14)9-17/h3,12,14-16H,4-11H2,1-2H3/t12-,14?,15?,16?,17?/m1/s1. The molecule has 5 rings (SSSR count). The second-order valence-corrected chi connectivity index (χ2v) is 8.01. The lowest BCUT2D eigenvalue weighted by Gasteiger charge is -2.61. The Bertz CT molecular complexity index is 346. The zero-order chi connectivity index (χ0) is 12.3. The molecule has 0 N–H and O–H groups in total. The van der Waals surface area contributed by atoms with Gasteiger partial charge in [0.05, 0.1) is 0 Å². The summed E-state index contributed by atoms with van der Waals surface area (Å²) in [6.45, 7) is 7.32. The minimum atomic E-state index is 0.624. The van der Waals surface area contributed by atoms with Gasteiger partial charge in [-0.1, -0.05) is 18.6 Å². The summed E-state index contributed by atoms with van der Waals surface area (Å²) in [5.41, 5.74) is 2.24. The van der Waals surface area contributed by atoms with Crippen LogP contribution in [0.4, 0.5) is 0 Å². The van der Waals surface area contributed by atoms with Gasteiger partial charge in [0.1, 0.15) is 0 Å². The van der Waals surface area contributed by atoms with Crippen molar-refractivity contribution in [2.45, 2.75) is 57.9 Å².